The highest BCUT2D eigenvalue weighted by Crippen LogP contribution is 2.33. The fraction of sp³-hybridized carbons (Fsp3) is 0.704. The number of nitrogens with zero attached hydrogens (tertiary/aromatic N) is 1. The van der Waals surface area contributed by atoms with E-state index in [-0.39, 0.29) is 59.2 Å². The van der Waals surface area contributed by atoms with Crippen molar-refractivity contribution in [3.63, 3.8) is 0 Å². The number of rotatable bonds is 8. The fourth-order valence-electron chi connectivity index (χ4n) is 4.70. The van der Waals surface area contributed by atoms with Crippen LogP contribution in [0.2, 0.25) is 0 Å². The molecule has 1 saturated heterocycles. The molecule has 1 atom stereocenters. The van der Waals surface area contributed by atoms with Crippen LogP contribution in [0.4, 0.5) is 0 Å². The zero-order valence-electron chi connectivity index (χ0n) is 21.8. The quantitative estimate of drug-likeness (QED) is 0.471. The summed E-state index contributed by atoms with van der Waals surface area (Å²) in [5, 5.41) is 23.8. The molecule has 0 aromatic heterocycles. The van der Waals surface area contributed by atoms with Crippen LogP contribution >= 0.6 is 0 Å². The van der Waals surface area contributed by atoms with Gasteiger partial charge in [-0.2, -0.15) is 0 Å². The Balaban J connectivity index is 1.60. The first-order valence-corrected chi connectivity index (χ1v) is 12.9. The second kappa shape index (κ2) is 11.6. The average molecular weight is 491 g/mol. The number of carbonyl (C=O) groups excluding carboxylic acids is 2. The Morgan fingerprint density at radius 2 is 1.69 bits per heavy atom. The lowest BCUT2D eigenvalue weighted by Crippen LogP contribution is -2.52. The lowest BCUT2D eigenvalue weighted by Gasteiger charge is -2.35. The molecule has 8 heteroatoms. The van der Waals surface area contributed by atoms with Gasteiger partial charge in [-0.05, 0) is 76.8 Å². The Bertz CT molecular complexity index is 880. The molecule has 2 aliphatic rings. The maximum atomic E-state index is 13.1. The predicted molar refractivity (Wildman–Crippen MR) is 134 cm³/mol. The summed E-state index contributed by atoms with van der Waals surface area (Å²) in [6.45, 7) is 11.0. The lowest BCUT2D eigenvalue weighted by molar-refractivity contribution is -0.155. The maximum absolute atomic E-state index is 13.1. The molecule has 1 aromatic rings. The van der Waals surface area contributed by atoms with Crippen molar-refractivity contribution in [1.82, 2.24) is 10.2 Å². The number of aromatic hydroxyl groups is 2. The smallest absolute Gasteiger partial charge is 0.325 e. The van der Waals surface area contributed by atoms with Gasteiger partial charge in [-0.3, -0.25) is 14.9 Å². The van der Waals surface area contributed by atoms with Crippen LogP contribution < -0.4 is 5.32 Å². The van der Waals surface area contributed by atoms with Crippen LogP contribution in [0.5, 0.6) is 11.5 Å². The van der Waals surface area contributed by atoms with E-state index in [0.29, 0.717) is 31.5 Å². The summed E-state index contributed by atoms with van der Waals surface area (Å²) in [4.78, 5) is 27.8. The van der Waals surface area contributed by atoms with Crippen LogP contribution in [-0.4, -0.2) is 70.5 Å². The summed E-state index contributed by atoms with van der Waals surface area (Å²) in [6, 6.07) is 2.31. The molecule has 1 amide bonds. The van der Waals surface area contributed by atoms with Gasteiger partial charge in [-0.25, -0.2) is 0 Å². The highest BCUT2D eigenvalue weighted by atomic mass is 16.6. The third kappa shape index (κ3) is 7.58. The van der Waals surface area contributed by atoms with E-state index in [4.69, 9.17) is 9.47 Å². The molecule has 2 fully saturated rings. The van der Waals surface area contributed by atoms with E-state index >= 15 is 0 Å². The monoisotopic (exact) mass is 490 g/mol. The summed E-state index contributed by atoms with van der Waals surface area (Å²) >= 11 is 0. The minimum atomic E-state index is -0.559. The largest absolute Gasteiger partial charge is 0.508 e. The molecule has 1 saturated carbocycles. The number of hydrogen-bond donors (Lipinski definition) is 3. The first-order valence-electron chi connectivity index (χ1n) is 12.9. The number of esters is 1. The molecule has 1 heterocycles. The van der Waals surface area contributed by atoms with Crippen molar-refractivity contribution < 1.29 is 29.3 Å². The maximum Gasteiger partial charge on any atom is 0.325 e. The number of phenols is 2. The highest BCUT2D eigenvalue weighted by Gasteiger charge is 2.32. The SMILES string of the molecule is CC(C)c1cc(C(=O)N2CCC(N[C@@H](COC(C)(C)C)C(=O)OC3CCCC3)CC2)c(O)cc1O. The molecule has 0 radical (unpaired) electrons. The van der Waals surface area contributed by atoms with Gasteiger partial charge >= 0.3 is 5.97 Å². The van der Waals surface area contributed by atoms with E-state index in [0.717, 1.165) is 25.7 Å². The Morgan fingerprint density at radius 1 is 1.06 bits per heavy atom. The molecule has 8 nitrogen and oxygen atoms in total. The Morgan fingerprint density at radius 3 is 2.26 bits per heavy atom. The van der Waals surface area contributed by atoms with Crippen LogP contribution in [0.1, 0.15) is 95.0 Å². The van der Waals surface area contributed by atoms with Crippen LogP contribution in [-0.2, 0) is 14.3 Å². The van der Waals surface area contributed by atoms with Gasteiger partial charge in [0.1, 0.15) is 23.6 Å². The molecule has 0 unspecified atom stereocenters. The number of likely N-dealkylation sites (tertiary alicyclic amines) is 1. The van der Waals surface area contributed by atoms with Crippen molar-refractivity contribution >= 4 is 11.9 Å². The molecule has 0 spiro atoms. The predicted octanol–water partition coefficient (Wildman–Crippen LogP) is 4.08. The van der Waals surface area contributed by atoms with Gasteiger partial charge in [-0.15, -0.1) is 0 Å². The minimum Gasteiger partial charge on any atom is -0.508 e. The first-order chi connectivity index (χ1) is 16.4. The number of carbonyl (C=O) groups is 2. The topological polar surface area (TPSA) is 108 Å². The van der Waals surface area contributed by atoms with E-state index in [1.807, 2.05) is 34.6 Å². The molecule has 196 valence electrons. The van der Waals surface area contributed by atoms with Gasteiger partial charge in [0.05, 0.1) is 17.8 Å². The Labute approximate surface area is 209 Å². The lowest BCUT2D eigenvalue weighted by atomic mass is 9.97. The van der Waals surface area contributed by atoms with Crippen molar-refractivity contribution in [2.75, 3.05) is 19.7 Å². The highest BCUT2D eigenvalue weighted by molar-refractivity contribution is 5.97. The molecule has 1 aromatic carbocycles. The van der Waals surface area contributed by atoms with E-state index < -0.39 is 6.04 Å². The van der Waals surface area contributed by atoms with E-state index in [9.17, 15) is 19.8 Å². The van der Waals surface area contributed by atoms with Gasteiger partial charge in [0.25, 0.3) is 5.91 Å². The Kier molecular flexibility index (Phi) is 9.05. The normalized spacial score (nSPS) is 18.7. The average Bonchev–Trinajstić information content (AvgIpc) is 3.28. The fourth-order valence-corrected chi connectivity index (χ4v) is 4.70. The summed E-state index contributed by atoms with van der Waals surface area (Å²) in [6.07, 6.45) is 5.36. The molecule has 35 heavy (non-hydrogen) atoms. The summed E-state index contributed by atoms with van der Waals surface area (Å²) in [5.41, 5.74) is 0.462. The van der Waals surface area contributed by atoms with Crippen molar-refractivity contribution in [3.8, 4) is 11.5 Å². The standard InChI is InChI=1S/C27H42N2O6/c1-17(2)20-14-21(24(31)15-23(20)30)25(32)29-12-10-18(11-13-29)28-22(16-34-27(3,4)5)26(33)35-19-8-6-7-9-19/h14-15,17-19,22,28,30-31H,6-13,16H2,1-5H3/t22-/m0/s1. The van der Waals surface area contributed by atoms with Crippen LogP contribution in [0, 0.1) is 0 Å². The van der Waals surface area contributed by atoms with Crippen molar-refractivity contribution in [2.45, 2.75) is 103 Å². The number of nitrogens with one attached hydrogen (secondary N) is 1. The van der Waals surface area contributed by atoms with Gasteiger partial charge in [0, 0.05) is 25.2 Å². The molecular formula is C27H42N2O6. The Hall–Kier alpha value is -2.32. The third-order valence-corrected chi connectivity index (χ3v) is 6.77. The zero-order valence-corrected chi connectivity index (χ0v) is 21.8. The number of piperidine rings is 1. The molecule has 3 rings (SSSR count). The van der Waals surface area contributed by atoms with Crippen LogP contribution in [0.3, 0.4) is 0 Å². The summed E-state index contributed by atoms with van der Waals surface area (Å²) in [5.74, 6) is -0.726. The second-order valence-corrected chi connectivity index (χ2v) is 11.1. The molecule has 0 bridgehead atoms. The third-order valence-electron chi connectivity index (χ3n) is 6.77. The molecular weight excluding hydrogens is 448 g/mol. The number of amides is 1. The minimum absolute atomic E-state index is 0.00498. The van der Waals surface area contributed by atoms with Crippen LogP contribution in [0.15, 0.2) is 12.1 Å². The zero-order chi connectivity index (χ0) is 25.8. The van der Waals surface area contributed by atoms with Crippen molar-refractivity contribution in [3.05, 3.63) is 23.3 Å². The van der Waals surface area contributed by atoms with E-state index in [1.54, 1.807) is 11.0 Å². The number of hydrogen-bond acceptors (Lipinski definition) is 7. The molecule has 3 N–H and O–H groups in total. The summed E-state index contributed by atoms with van der Waals surface area (Å²) in [7, 11) is 0. The van der Waals surface area contributed by atoms with Gasteiger partial charge in [-0.1, -0.05) is 13.8 Å². The van der Waals surface area contributed by atoms with Gasteiger partial charge < -0.3 is 24.6 Å². The number of phenolic OH excluding ortho intramolecular Hbond substituents is 2. The van der Waals surface area contributed by atoms with Gasteiger partial charge in [0.15, 0.2) is 0 Å². The number of ether oxygens (including phenoxy) is 2. The number of benzene rings is 1. The van der Waals surface area contributed by atoms with Crippen molar-refractivity contribution in [1.29, 1.82) is 0 Å². The molecule has 1 aliphatic carbocycles. The van der Waals surface area contributed by atoms with E-state index in [1.165, 1.54) is 6.07 Å². The summed E-state index contributed by atoms with van der Waals surface area (Å²) < 4.78 is 11.7. The molecule has 1 aliphatic heterocycles. The van der Waals surface area contributed by atoms with Crippen LogP contribution in [0.25, 0.3) is 0 Å². The first kappa shape index (κ1) is 27.3. The van der Waals surface area contributed by atoms with Crippen molar-refractivity contribution in [2.24, 2.45) is 0 Å². The second-order valence-electron chi connectivity index (χ2n) is 11.1. The van der Waals surface area contributed by atoms with Gasteiger partial charge in [0.2, 0.25) is 0 Å². The van der Waals surface area contributed by atoms with E-state index in [2.05, 4.69) is 5.32 Å².